The third-order valence-electron chi connectivity index (χ3n) is 4.81. The van der Waals surface area contributed by atoms with Gasteiger partial charge in [0.2, 0.25) is 0 Å². The van der Waals surface area contributed by atoms with Gasteiger partial charge in [0, 0.05) is 20.5 Å². The molecule has 0 aliphatic carbocycles. The van der Waals surface area contributed by atoms with Crippen molar-refractivity contribution < 1.29 is 9.53 Å². The number of hydrogen-bond acceptors (Lipinski definition) is 3. The van der Waals surface area contributed by atoms with Crippen LogP contribution in [0.1, 0.15) is 90.4 Å². The van der Waals surface area contributed by atoms with E-state index in [0.717, 1.165) is 18.5 Å². The Balaban J connectivity index is 2.01. The van der Waals surface area contributed by atoms with Gasteiger partial charge in [0.15, 0.2) is 5.75 Å². The Labute approximate surface area is 161 Å². The third kappa shape index (κ3) is 10.5. The molecule has 0 saturated carbocycles. The molecule has 3 nitrogen and oxygen atoms in total. The maximum atomic E-state index is 12.0. The van der Waals surface area contributed by atoms with Gasteiger partial charge in [0.1, 0.15) is 0 Å². The predicted molar refractivity (Wildman–Crippen MR) is 112 cm³/mol. The quantitative estimate of drug-likeness (QED) is 0.197. The summed E-state index contributed by atoms with van der Waals surface area (Å²) in [5, 5.41) is 0. The Kier molecular flexibility index (Phi) is 12.7. The summed E-state index contributed by atoms with van der Waals surface area (Å²) in [5.41, 5.74) is 0.940. The highest BCUT2D eigenvalue weighted by molar-refractivity contribution is 5.75. The molecule has 0 radical (unpaired) electrons. The average molecular weight is 362 g/mol. The minimum Gasteiger partial charge on any atom is -0.424 e. The van der Waals surface area contributed by atoms with Crippen LogP contribution >= 0.6 is 0 Å². The van der Waals surface area contributed by atoms with E-state index in [1.165, 1.54) is 64.2 Å². The second-order valence-electron chi connectivity index (χ2n) is 7.48. The number of carbonyl (C=O) groups is 1. The van der Waals surface area contributed by atoms with Crippen molar-refractivity contribution in [1.29, 1.82) is 0 Å². The van der Waals surface area contributed by atoms with Crippen molar-refractivity contribution in [1.82, 2.24) is 0 Å². The highest BCUT2D eigenvalue weighted by Gasteiger charge is 2.09. The number of unbranched alkanes of at least 4 members (excludes halogenated alkanes) is 11. The average Bonchev–Trinajstić information content (AvgIpc) is 2.63. The standard InChI is InChI=1S/C23H39NO2/c1-4-5-6-7-8-9-10-11-12-13-14-15-20-23(25)26-22-19-17-16-18-21(22)24(2)3/h16-19H,4-15,20H2,1-3H3. The number of para-hydroxylation sites is 2. The van der Waals surface area contributed by atoms with E-state index in [-0.39, 0.29) is 5.97 Å². The molecule has 0 atom stereocenters. The van der Waals surface area contributed by atoms with Crippen LogP contribution in [0.2, 0.25) is 0 Å². The number of nitrogens with zero attached hydrogens (tertiary/aromatic N) is 1. The van der Waals surface area contributed by atoms with Crippen LogP contribution in [0.15, 0.2) is 24.3 Å². The van der Waals surface area contributed by atoms with Gasteiger partial charge in [0.25, 0.3) is 0 Å². The number of benzene rings is 1. The normalized spacial score (nSPS) is 10.7. The van der Waals surface area contributed by atoms with Gasteiger partial charge in [0.05, 0.1) is 5.69 Å². The van der Waals surface area contributed by atoms with Crippen LogP contribution < -0.4 is 9.64 Å². The molecule has 0 N–H and O–H groups in total. The summed E-state index contributed by atoms with van der Waals surface area (Å²) >= 11 is 0. The molecular weight excluding hydrogens is 322 g/mol. The Morgan fingerprint density at radius 3 is 1.85 bits per heavy atom. The number of hydrogen-bond donors (Lipinski definition) is 0. The molecule has 1 aromatic carbocycles. The first kappa shape index (κ1) is 22.5. The number of anilines is 1. The largest absolute Gasteiger partial charge is 0.424 e. The lowest BCUT2D eigenvalue weighted by Gasteiger charge is -2.16. The molecule has 0 aliphatic heterocycles. The Morgan fingerprint density at radius 1 is 0.808 bits per heavy atom. The van der Waals surface area contributed by atoms with E-state index in [0.29, 0.717) is 12.2 Å². The monoisotopic (exact) mass is 361 g/mol. The number of carbonyl (C=O) groups excluding carboxylic acids is 1. The third-order valence-corrected chi connectivity index (χ3v) is 4.81. The molecule has 0 fully saturated rings. The first-order valence-corrected chi connectivity index (χ1v) is 10.6. The van der Waals surface area contributed by atoms with Crippen molar-refractivity contribution in [3.05, 3.63) is 24.3 Å². The Bertz CT molecular complexity index is 485. The first-order valence-electron chi connectivity index (χ1n) is 10.6. The fourth-order valence-electron chi connectivity index (χ4n) is 3.20. The van der Waals surface area contributed by atoms with Crippen LogP contribution in [0.4, 0.5) is 5.69 Å². The lowest BCUT2D eigenvalue weighted by atomic mass is 10.0. The van der Waals surface area contributed by atoms with Crippen LogP contribution in [0.25, 0.3) is 0 Å². The van der Waals surface area contributed by atoms with Crippen LogP contribution in [0, 0.1) is 0 Å². The van der Waals surface area contributed by atoms with Crippen LogP contribution in [-0.4, -0.2) is 20.1 Å². The number of ether oxygens (including phenoxy) is 1. The van der Waals surface area contributed by atoms with Crippen molar-refractivity contribution >= 4 is 11.7 Å². The van der Waals surface area contributed by atoms with E-state index in [2.05, 4.69) is 6.92 Å². The summed E-state index contributed by atoms with van der Waals surface area (Å²) in [6.45, 7) is 2.27. The zero-order valence-electron chi connectivity index (χ0n) is 17.3. The van der Waals surface area contributed by atoms with Crippen molar-refractivity contribution in [2.24, 2.45) is 0 Å². The highest BCUT2D eigenvalue weighted by atomic mass is 16.5. The molecule has 0 spiro atoms. The summed E-state index contributed by atoms with van der Waals surface area (Å²) < 4.78 is 5.53. The van der Waals surface area contributed by atoms with E-state index in [1.54, 1.807) is 0 Å². The molecule has 0 bridgehead atoms. The molecule has 0 amide bonds. The van der Waals surface area contributed by atoms with E-state index in [1.807, 2.05) is 43.3 Å². The maximum Gasteiger partial charge on any atom is 0.311 e. The van der Waals surface area contributed by atoms with Crippen molar-refractivity contribution in [2.75, 3.05) is 19.0 Å². The molecule has 1 aromatic rings. The molecule has 26 heavy (non-hydrogen) atoms. The zero-order chi connectivity index (χ0) is 19.0. The SMILES string of the molecule is CCCCCCCCCCCCCCC(=O)Oc1ccccc1N(C)C. The molecule has 0 aromatic heterocycles. The molecule has 3 heteroatoms. The predicted octanol–water partition coefficient (Wildman–Crippen LogP) is 6.75. The lowest BCUT2D eigenvalue weighted by Crippen LogP contribution is -2.13. The van der Waals surface area contributed by atoms with Gasteiger partial charge < -0.3 is 9.64 Å². The smallest absolute Gasteiger partial charge is 0.311 e. The van der Waals surface area contributed by atoms with Gasteiger partial charge >= 0.3 is 5.97 Å². The van der Waals surface area contributed by atoms with Gasteiger partial charge in [-0.15, -0.1) is 0 Å². The topological polar surface area (TPSA) is 29.5 Å². The molecule has 0 unspecified atom stereocenters. The summed E-state index contributed by atoms with van der Waals surface area (Å²) in [6, 6.07) is 7.68. The van der Waals surface area contributed by atoms with Gasteiger partial charge in [-0.3, -0.25) is 4.79 Å². The molecule has 148 valence electrons. The van der Waals surface area contributed by atoms with E-state index >= 15 is 0 Å². The van der Waals surface area contributed by atoms with E-state index < -0.39 is 0 Å². The van der Waals surface area contributed by atoms with Crippen molar-refractivity contribution in [2.45, 2.75) is 90.4 Å². The van der Waals surface area contributed by atoms with Crippen LogP contribution in [0.3, 0.4) is 0 Å². The van der Waals surface area contributed by atoms with Crippen molar-refractivity contribution in [3.8, 4) is 5.75 Å². The van der Waals surface area contributed by atoms with Gasteiger partial charge in [-0.25, -0.2) is 0 Å². The lowest BCUT2D eigenvalue weighted by molar-refractivity contribution is -0.134. The molecular formula is C23H39NO2. The zero-order valence-corrected chi connectivity index (χ0v) is 17.3. The molecule has 0 saturated heterocycles. The molecule has 0 aliphatic rings. The number of esters is 1. The van der Waals surface area contributed by atoms with Gasteiger partial charge in [-0.1, -0.05) is 89.7 Å². The molecule has 0 heterocycles. The van der Waals surface area contributed by atoms with E-state index in [9.17, 15) is 4.79 Å². The summed E-state index contributed by atoms with van der Waals surface area (Å²) in [6.07, 6.45) is 16.1. The molecule has 1 rings (SSSR count). The fraction of sp³-hybridized carbons (Fsp3) is 0.696. The number of rotatable bonds is 15. The Morgan fingerprint density at radius 2 is 1.31 bits per heavy atom. The van der Waals surface area contributed by atoms with Crippen molar-refractivity contribution in [3.63, 3.8) is 0 Å². The van der Waals surface area contributed by atoms with Crippen LogP contribution in [0.5, 0.6) is 5.75 Å². The summed E-state index contributed by atoms with van der Waals surface area (Å²) in [4.78, 5) is 14.0. The van der Waals surface area contributed by atoms with Gasteiger partial charge in [-0.05, 0) is 18.6 Å². The van der Waals surface area contributed by atoms with E-state index in [4.69, 9.17) is 4.74 Å². The highest BCUT2D eigenvalue weighted by Crippen LogP contribution is 2.26. The fourth-order valence-corrected chi connectivity index (χ4v) is 3.20. The maximum absolute atomic E-state index is 12.0. The van der Waals surface area contributed by atoms with Crippen LogP contribution in [-0.2, 0) is 4.79 Å². The first-order chi connectivity index (χ1) is 12.6. The van der Waals surface area contributed by atoms with Gasteiger partial charge in [-0.2, -0.15) is 0 Å². The Hall–Kier alpha value is -1.51. The minimum atomic E-state index is -0.119. The minimum absolute atomic E-state index is 0.119. The second kappa shape index (κ2) is 14.6. The second-order valence-corrected chi connectivity index (χ2v) is 7.48. The summed E-state index contributed by atoms with van der Waals surface area (Å²) in [5.74, 6) is 0.535. The summed E-state index contributed by atoms with van der Waals surface area (Å²) in [7, 11) is 3.91.